The lowest BCUT2D eigenvalue weighted by Gasteiger charge is -2.40. The van der Waals surface area contributed by atoms with Crippen molar-refractivity contribution in [3.05, 3.63) is 57.3 Å². The molecule has 1 aliphatic carbocycles. The minimum Gasteiger partial charge on any atom is -0.457 e. The molecule has 0 saturated carbocycles. The molecule has 0 amide bonds. The summed E-state index contributed by atoms with van der Waals surface area (Å²) in [5.74, 6) is -1.53. The lowest BCUT2D eigenvalue weighted by Crippen LogP contribution is -2.59. The summed E-state index contributed by atoms with van der Waals surface area (Å²) < 4.78 is 10.7. The highest BCUT2D eigenvalue weighted by Crippen LogP contribution is 2.32. The van der Waals surface area contributed by atoms with Gasteiger partial charge in [0, 0.05) is 17.5 Å². The van der Waals surface area contributed by atoms with Gasteiger partial charge in [0.2, 0.25) is 12.1 Å². The van der Waals surface area contributed by atoms with Crippen LogP contribution in [0.4, 0.5) is 0 Å². The average Bonchev–Trinajstić information content (AvgIpc) is 2.71. The SMILES string of the molecule is O=C1C(CC=C(Cl)Cl)=C(O[C@H]2O[C@@H](CO)[C@@H](O)[C@@H](O)[C@@H]2O)C(=O)c2ccccc21. The predicted octanol–water partition coefficient (Wildman–Crippen LogP) is 0.845. The number of halogens is 2. The molecule has 8 nitrogen and oxygen atoms in total. The molecule has 1 heterocycles. The number of aliphatic hydroxyl groups is 4. The van der Waals surface area contributed by atoms with Gasteiger partial charge in [-0.15, -0.1) is 0 Å². The number of hydrogen-bond donors (Lipinski definition) is 4. The molecule has 0 radical (unpaired) electrons. The number of allylic oxidation sites excluding steroid dienone is 3. The largest absolute Gasteiger partial charge is 0.457 e. The summed E-state index contributed by atoms with van der Waals surface area (Å²) in [5.41, 5.74) is 0.207. The van der Waals surface area contributed by atoms with Crippen LogP contribution >= 0.6 is 23.2 Å². The topological polar surface area (TPSA) is 134 Å². The quantitative estimate of drug-likeness (QED) is 0.524. The fourth-order valence-electron chi connectivity index (χ4n) is 3.17. The van der Waals surface area contributed by atoms with E-state index in [0.717, 1.165) is 0 Å². The molecule has 3 rings (SSSR count). The number of ether oxygens (including phenoxy) is 2. The maximum atomic E-state index is 13.0. The van der Waals surface area contributed by atoms with Gasteiger partial charge in [0.1, 0.15) is 28.9 Å². The number of fused-ring (bicyclic) bond motifs is 1. The number of benzene rings is 1. The first-order valence-corrected chi connectivity index (χ1v) is 9.41. The maximum Gasteiger partial charge on any atom is 0.229 e. The van der Waals surface area contributed by atoms with Gasteiger partial charge in [-0.1, -0.05) is 47.5 Å². The third-order valence-corrected chi connectivity index (χ3v) is 5.02. The molecule has 5 atom stereocenters. The minimum absolute atomic E-state index is 0.0653. The smallest absolute Gasteiger partial charge is 0.229 e. The van der Waals surface area contributed by atoms with Gasteiger partial charge in [-0.05, 0) is 6.08 Å². The average molecular weight is 445 g/mol. The van der Waals surface area contributed by atoms with Crippen molar-refractivity contribution in [1.29, 1.82) is 0 Å². The van der Waals surface area contributed by atoms with Crippen molar-refractivity contribution < 1.29 is 39.5 Å². The molecule has 0 bridgehead atoms. The Labute approximate surface area is 175 Å². The van der Waals surface area contributed by atoms with E-state index in [1.807, 2.05) is 0 Å². The van der Waals surface area contributed by atoms with Crippen molar-refractivity contribution >= 4 is 34.8 Å². The van der Waals surface area contributed by atoms with E-state index in [4.69, 9.17) is 32.7 Å². The van der Waals surface area contributed by atoms with E-state index in [-0.39, 0.29) is 27.6 Å². The summed E-state index contributed by atoms with van der Waals surface area (Å²) >= 11 is 11.3. The van der Waals surface area contributed by atoms with Gasteiger partial charge in [-0.3, -0.25) is 9.59 Å². The van der Waals surface area contributed by atoms with E-state index in [1.165, 1.54) is 18.2 Å². The third kappa shape index (κ3) is 4.24. The van der Waals surface area contributed by atoms with Crippen LogP contribution in [0.3, 0.4) is 0 Å². The van der Waals surface area contributed by atoms with Crippen LogP contribution in [0.5, 0.6) is 0 Å². The number of Topliss-reactive ketones (excluding diaryl/α,β-unsaturated/α-hetero) is 2. The highest BCUT2D eigenvalue weighted by Gasteiger charge is 2.46. The first-order chi connectivity index (χ1) is 13.8. The molecule has 4 N–H and O–H groups in total. The van der Waals surface area contributed by atoms with E-state index in [9.17, 15) is 30.0 Å². The van der Waals surface area contributed by atoms with Crippen LogP contribution < -0.4 is 0 Å². The van der Waals surface area contributed by atoms with Crippen LogP contribution in [0.15, 0.2) is 46.2 Å². The molecule has 1 aliphatic heterocycles. The van der Waals surface area contributed by atoms with Crippen molar-refractivity contribution in [2.75, 3.05) is 6.61 Å². The monoisotopic (exact) mass is 444 g/mol. The predicted molar refractivity (Wildman–Crippen MR) is 101 cm³/mol. The normalized spacial score (nSPS) is 29.5. The Morgan fingerprint density at radius 3 is 2.24 bits per heavy atom. The number of rotatable bonds is 5. The number of hydrogen-bond acceptors (Lipinski definition) is 8. The molecule has 10 heteroatoms. The molecule has 0 unspecified atom stereocenters. The van der Waals surface area contributed by atoms with E-state index in [1.54, 1.807) is 12.1 Å². The van der Waals surface area contributed by atoms with Gasteiger partial charge in [-0.25, -0.2) is 0 Å². The van der Waals surface area contributed by atoms with Gasteiger partial charge in [0.05, 0.1) is 12.2 Å². The number of aliphatic hydroxyl groups excluding tert-OH is 4. The van der Waals surface area contributed by atoms with Gasteiger partial charge >= 0.3 is 0 Å². The van der Waals surface area contributed by atoms with Crippen LogP contribution in [0, 0.1) is 0 Å². The summed E-state index contributed by atoms with van der Waals surface area (Å²) in [4.78, 5) is 25.9. The molecule has 0 spiro atoms. The van der Waals surface area contributed by atoms with E-state index in [2.05, 4.69) is 0 Å². The van der Waals surface area contributed by atoms with Crippen molar-refractivity contribution in [1.82, 2.24) is 0 Å². The number of carbonyl (C=O) groups is 2. The van der Waals surface area contributed by atoms with E-state index >= 15 is 0 Å². The van der Waals surface area contributed by atoms with Crippen molar-refractivity contribution in [2.24, 2.45) is 0 Å². The molecule has 1 aromatic carbocycles. The molecule has 2 aliphatic rings. The highest BCUT2D eigenvalue weighted by molar-refractivity contribution is 6.55. The fraction of sp³-hybridized carbons (Fsp3) is 0.368. The zero-order chi connectivity index (χ0) is 21.3. The molecule has 0 aromatic heterocycles. The van der Waals surface area contributed by atoms with Crippen LogP contribution in [-0.2, 0) is 9.47 Å². The third-order valence-electron chi connectivity index (χ3n) is 4.71. The zero-order valence-corrected chi connectivity index (χ0v) is 16.4. The number of carbonyl (C=O) groups excluding carboxylic acids is 2. The second-order valence-electron chi connectivity index (χ2n) is 6.52. The van der Waals surface area contributed by atoms with Crippen molar-refractivity contribution in [3.8, 4) is 0 Å². The standard InChI is InChI=1S/C19H18Cl2O8/c20-12(21)6-5-10-13(23)8-3-1-2-4-9(8)14(24)18(10)29-19-17(27)16(26)15(25)11(7-22)28-19/h1-4,6,11,15-17,19,22,25-27H,5,7H2/t11-,15+,16+,17-,19+/m0/s1. The van der Waals surface area contributed by atoms with E-state index in [0.29, 0.717) is 0 Å². The highest BCUT2D eigenvalue weighted by atomic mass is 35.5. The van der Waals surface area contributed by atoms with Crippen molar-refractivity contribution in [2.45, 2.75) is 37.1 Å². The van der Waals surface area contributed by atoms with Gasteiger partial charge in [-0.2, -0.15) is 0 Å². The van der Waals surface area contributed by atoms with Crippen LogP contribution in [-0.4, -0.2) is 69.3 Å². The second-order valence-corrected chi connectivity index (χ2v) is 7.53. The Bertz CT molecular complexity index is 875. The lowest BCUT2D eigenvalue weighted by atomic mass is 9.86. The summed E-state index contributed by atoms with van der Waals surface area (Å²) in [6.45, 7) is -0.670. The zero-order valence-electron chi connectivity index (χ0n) is 14.9. The Hall–Kier alpha value is -1.78. The molecule has 1 fully saturated rings. The van der Waals surface area contributed by atoms with Crippen LogP contribution in [0.1, 0.15) is 27.1 Å². The van der Waals surface area contributed by atoms with Crippen LogP contribution in [0.25, 0.3) is 0 Å². The molecule has 1 aromatic rings. The minimum atomic E-state index is -1.74. The summed E-state index contributed by atoms with van der Waals surface area (Å²) in [6, 6.07) is 6.13. The van der Waals surface area contributed by atoms with Gasteiger partial charge < -0.3 is 29.9 Å². The lowest BCUT2D eigenvalue weighted by molar-refractivity contribution is -0.290. The Morgan fingerprint density at radius 1 is 1.03 bits per heavy atom. The van der Waals surface area contributed by atoms with Crippen LogP contribution in [0.2, 0.25) is 0 Å². The molecule has 29 heavy (non-hydrogen) atoms. The van der Waals surface area contributed by atoms with Gasteiger partial charge in [0.25, 0.3) is 0 Å². The van der Waals surface area contributed by atoms with Crippen molar-refractivity contribution in [3.63, 3.8) is 0 Å². The molecule has 1 saturated heterocycles. The second kappa shape index (κ2) is 8.93. The first-order valence-electron chi connectivity index (χ1n) is 8.66. The Balaban J connectivity index is 2.00. The Morgan fingerprint density at radius 2 is 1.66 bits per heavy atom. The van der Waals surface area contributed by atoms with Gasteiger partial charge in [0.15, 0.2) is 11.5 Å². The van der Waals surface area contributed by atoms with E-state index < -0.39 is 54.6 Å². The fourth-order valence-corrected chi connectivity index (χ4v) is 3.33. The summed E-state index contributed by atoms with van der Waals surface area (Å²) in [6.07, 6.45) is -6.72. The molecule has 156 valence electrons. The molecular weight excluding hydrogens is 427 g/mol. The first kappa shape index (κ1) is 21.9. The summed E-state index contributed by atoms with van der Waals surface area (Å²) in [5, 5.41) is 39.3. The Kier molecular flexibility index (Phi) is 6.75. The summed E-state index contributed by atoms with van der Waals surface area (Å²) in [7, 11) is 0. The number of ketones is 2. The maximum absolute atomic E-state index is 13.0. The molecular formula is C19H18Cl2O8.